The smallest absolute Gasteiger partial charge is 0.335 e. The van der Waals surface area contributed by atoms with Crippen molar-refractivity contribution in [3.8, 4) is 12.3 Å². The van der Waals surface area contributed by atoms with Crippen LogP contribution >= 0.6 is 15.9 Å². The molecule has 6 heteroatoms. The number of hydrogen-bond donors (Lipinski definition) is 3. The minimum absolute atomic E-state index is 0.0819. The Morgan fingerprint density at radius 1 is 1.50 bits per heavy atom. The summed E-state index contributed by atoms with van der Waals surface area (Å²) in [6.45, 7) is 1.66. The third-order valence-electron chi connectivity index (χ3n) is 2.06. The monoisotopic (exact) mass is 310 g/mol. The highest BCUT2D eigenvalue weighted by atomic mass is 79.9. The van der Waals surface area contributed by atoms with Crippen molar-refractivity contribution in [2.45, 2.75) is 13.0 Å². The number of amides is 2. The maximum absolute atomic E-state index is 11.5. The van der Waals surface area contributed by atoms with E-state index in [-0.39, 0.29) is 5.56 Å². The second kappa shape index (κ2) is 6.07. The molecule has 1 atom stereocenters. The summed E-state index contributed by atoms with van der Waals surface area (Å²) < 4.78 is 0.580. The van der Waals surface area contributed by atoms with Crippen LogP contribution in [0.5, 0.6) is 0 Å². The minimum atomic E-state index is -1.07. The van der Waals surface area contributed by atoms with Gasteiger partial charge in [-0.15, -0.1) is 6.42 Å². The molecule has 0 spiro atoms. The highest BCUT2D eigenvalue weighted by Gasteiger charge is 2.10. The van der Waals surface area contributed by atoms with Gasteiger partial charge in [0.1, 0.15) is 0 Å². The summed E-state index contributed by atoms with van der Waals surface area (Å²) in [6.07, 6.45) is 5.13. The van der Waals surface area contributed by atoms with E-state index < -0.39 is 18.0 Å². The van der Waals surface area contributed by atoms with Gasteiger partial charge >= 0.3 is 12.0 Å². The molecule has 5 nitrogen and oxygen atoms in total. The first-order valence-electron chi connectivity index (χ1n) is 5.00. The molecule has 18 heavy (non-hydrogen) atoms. The molecule has 0 heterocycles. The number of aromatic carboxylic acids is 1. The molecular weight excluding hydrogens is 300 g/mol. The molecule has 0 saturated heterocycles. The summed E-state index contributed by atoms with van der Waals surface area (Å²) in [5, 5.41) is 13.9. The number of benzene rings is 1. The van der Waals surface area contributed by atoms with Gasteiger partial charge in [-0.1, -0.05) is 5.92 Å². The Balaban J connectivity index is 2.84. The van der Waals surface area contributed by atoms with Crippen molar-refractivity contribution >= 4 is 33.6 Å². The van der Waals surface area contributed by atoms with Gasteiger partial charge in [-0.3, -0.25) is 0 Å². The summed E-state index contributed by atoms with van der Waals surface area (Å²) in [4.78, 5) is 22.3. The average molecular weight is 311 g/mol. The molecule has 1 aromatic carbocycles. The van der Waals surface area contributed by atoms with E-state index in [4.69, 9.17) is 11.5 Å². The number of carbonyl (C=O) groups is 2. The van der Waals surface area contributed by atoms with Crippen LogP contribution < -0.4 is 10.6 Å². The van der Waals surface area contributed by atoms with Crippen molar-refractivity contribution in [1.82, 2.24) is 5.32 Å². The molecule has 1 aromatic rings. The number of nitrogens with one attached hydrogen (secondary N) is 2. The van der Waals surface area contributed by atoms with Crippen LogP contribution in [0.15, 0.2) is 22.7 Å². The number of halogens is 1. The fourth-order valence-corrected chi connectivity index (χ4v) is 1.50. The highest BCUT2D eigenvalue weighted by molar-refractivity contribution is 9.10. The molecule has 3 N–H and O–H groups in total. The largest absolute Gasteiger partial charge is 0.478 e. The Hall–Kier alpha value is -2.00. The van der Waals surface area contributed by atoms with E-state index in [2.05, 4.69) is 32.5 Å². The molecule has 0 bridgehead atoms. The number of anilines is 1. The van der Waals surface area contributed by atoms with Gasteiger partial charge in [-0.25, -0.2) is 9.59 Å². The van der Waals surface area contributed by atoms with Crippen LogP contribution in [-0.4, -0.2) is 23.1 Å². The Morgan fingerprint density at radius 3 is 2.72 bits per heavy atom. The van der Waals surface area contributed by atoms with E-state index in [0.717, 1.165) is 0 Å². The van der Waals surface area contributed by atoms with Gasteiger partial charge in [0.2, 0.25) is 0 Å². The normalized spacial score (nSPS) is 11.2. The summed E-state index contributed by atoms with van der Waals surface area (Å²) in [5.74, 6) is 1.28. The average Bonchev–Trinajstić information content (AvgIpc) is 2.31. The molecule has 1 unspecified atom stereocenters. The minimum Gasteiger partial charge on any atom is -0.478 e. The van der Waals surface area contributed by atoms with E-state index >= 15 is 0 Å². The van der Waals surface area contributed by atoms with E-state index in [1.165, 1.54) is 12.1 Å². The topological polar surface area (TPSA) is 78.4 Å². The van der Waals surface area contributed by atoms with Crippen molar-refractivity contribution < 1.29 is 14.7 Å². The first-order chi connectivity index (χ1) is 8.43. The van der Waals surface area contributed by atoms with Gasteiger partial charge in [0.15, 0.2) is 0 Å². The number of carboxylic acid groups (broad SMARTS) is 1. The lowest BCUT2D eigenvalue weighted by molar-refractivity contribution is 0.0697. The molecule has 0 aliphatic carbocycles. The fourth-order valence-electron chi connectivity index (χ4n) is 1.15. The van der Waals surface area contributed by atoms with Crippen LogP contribution in [-0.2, 0) is 0 Å². The van der Waals surface area contributed by atoms with Gasteiger partial charge in [0.25, 0.3) is 0 Å². The van der Waals surface area contributed by atoms with E-state index in [1.807, 2.05) is 0 Å². The third-order valence-corrected chi connectivity index (χ3v) is 2.75. The lowest BCUT2D eigenvalue weighted by Gasteiger charge is -2.11. The van der Waals surface area contributed by atoms with Crippen LogP contribution in [0.2, 0.25) is 0 Å². The van der Waals surface area contributed by atoms with E-state index in [0.29, 0.717) is 10.2 Å². The zero-order valence-electron chi connectivity index (χ0n) is 9.53. The predicted octanol–water partition coefficient (Wildman–Crippen LogP) is 2.29. The van der Waals surface area contributed by atoms with Gasteiger partial charge in [0, 0.05) is 4.47 Å². The number of carboxylic acids is 1. The van der Waals surface area contributed by atoms with Gasteiger partial charge in [-0.2, -0.15) is 0 Å². The number of urea groups is 1. The Kier molecular flexibility index (Phi) is 4.75. The van der Waals surface area contributed by atoms with Gasteiger partial charge in [-0.05, 0) is 41.1 Å². The first-order valence-corrected chi connectivity index (χ1v) is 5.80. The fraction of sp³-hybridized carbons (Fsp3) is 0.167. The quantitative estimate of drug-likeness (QED) is 0.749. The van der Waals surface area contributed by atoms with Crippen LogP contribution in [0.25, 0.3) is 0 Å². The highest BCUT2D eigenvalue weighted by Crippen LogP contribution is 2.23. The lowest BCUT2D eigenvalue weighted by Crippen LogP contribution is -2.35. The van der Waals surface area contributed by atoms with Crippen LogP contribution in [0.4, 0.5) is 10.5 Å². The van der Waals surface area contributed by atoms with Crippen molar-refractivity contribution in [3.05, 3.63) is 28.2 Å². The molecule has 0 saturated carbocycles. The summed E-state index contributed by atoms with van der Waals surface area (Å²) in [5.41, 5.74) is 0.440. The number of carbonyl (C=O) groups excluding carboxylic acids is 1. The molecule has 0 fully saturated rings. The molecule has 0 radical (unpaired) electrons. The Bertz CT molecular complexity index is 523. The Morgan fingerprint density at radius 2 is 2.17 bits per heavy atom. The number of hydrogen-bond acceptors (Lipinski definition) is 2. The standard InChI is InChI=1S/C12H11BrN2O3/c1-3-7(2)14-12(18)15-10-6-8(11(16)17)4-5-9(10)13/h1,4-7H,2H3,(H,16,17)(H2,14,15,18). The van der Waals surface area contributed by atoms with Crippen molar-refractivity contribution in [2.75, 3.05) is 5.32 Å². The van der Waals surface area contributed by atoms with Crippen LogP contribution in [0, 0.1) is 12.3 Å². The second-order valence-electron chi connectivity index (χ2n) is 3.49. The van der Waals surface area contributed by atoms with Gasteiger partial charge < -0.3 is 15.7 Å². The van der Waals surface area contributed by atoms with Crippen molar-refractivity contribution in [3.63, 3.8) is 0 Å². The Labute approximate surface area is 113 Å². The molecule has 2 amide bonds. The number of rotatable bonds is 3. The number of terminal acetylenes is 1. The zero-order chi connectivity index (χ0) is 13.7. The summed E-state index contributed by atoms with van der Waals surface area (Å²) >= 11 is 3.22. The van der Waals surface area contributed by atoms with Crippen molar-refractivity contribution in [1.29, 1.82) is 0 Å². The van der Waals surface area contributed by atoms with E-state index in [9.17, 15) is 9.59 Å². The molecule has 1 rings (SSSR count). The molecule has 0 aliphatic heterocycles. The summed E-state index contributed by atoms with van der Waals surface area (Å²) in [7, 11) is 0. The third kappa shape index (κ3) is 3.79. The maximum Gasteiger partial charge on any atom is 0.335 e. The molecule has 0 aromatic heterocycles. The zero-order valence-corrected chi connectivity index (χ0v) is 11.1. The first kappa shape index (κ1) is 14.1. The van der Waals surface area contributed by atoms with E-state index in [1.54, 1.807) is 13.0 Å². The molecule has 0 aliphatic rings. The van der Waals surface area contributed by atoms with Crippen molar-refractivity contribution in [2.24, 2.45) is 0 Å². The lowest BCUT2D eigenvalue weighted by atomic mass is 10.2. The molecule has 94 valence electrons. The maximum atomic E-state index is 11.5. The second-order valence-corrected chi connectivity index (χ2v) is 4.34. The van der Waals surface area contributed by atoms with Crippen LogP contribution in [0.1, 0.15) is 17.3 Å². The molecular formula is C12H11BrN2O3. The predicted molar refractivity (Wildman–Crippen MR) is 71.6 cm³/mol. The SMILES string of the molecule is C#CC(C)NC(=O)Nc1cc(C(=O)O)ccc1Br. The summed E-state index contributed by atoms with van der Waals surface area (Å²) in [6, 6.07) is 3.42. The van der Waals surface area contributed by atoms with Gasteiger partial charge in [0.05, 0.1) is 17.3 Å². The van der Waals surface area contributed by atoms with Crippen LogP contribution in [0.3, 0.4) is 0 Å².